The van der Waals surface area contributed by atoms with Crippen LogP contribution in [0.3, 0.4) is 0 Å². The molecule has 2 aromatic carbocycles. The predicted octanol–water partition coefficient (Wildman–Crippen LogP) is 3.55. The second-order valence-electron chi connectivity index (χ2n) is 9.94. The van der Waals surface area contributed by atoms with E-state index in [1.165, 1.54) is 29.4 Å². The van der Waals surface area contributed by atoms with Crippen molar-refractivity contribution in [3.63, 3.8) is 0 Å². The van der Waals surface area contributed by atoms with Gasteiger partial charge in [0.2, 0.25) is 0 Å². The molecule has 0 spiro atoms. The number of nitrogens with one attached hydrogen (secondary N) is 1. The van der Waals surface area contributed by atoms with Crippen LogP contribution >= 0.6 is 0 Å². The first-order valence-electron chi connectivity index (χ1n) is 12.1. The predicted molar refractivity (Wildman–Crippen MR) is 129 cm³/mol. The minimum Gasteiger partial charge on any atom is -0.489 e. The standard InChI is InChI=1S/C26H29N5O2/c27-19-7-8-29(15-19)26(32)18-11-20-24-23(13-18)33-10-9-30(24)25(28-20)22-12-17-3-1-2-4-21(17)31(22)14-16-5-6-16/h1-4,11-13,16,19,25,28H,5-10,14-15,27H2/t19?,25-/m1/s1. The van der Waals surface area contributed by atoms with E-state index in [1.54, 1.807) is 0 Å². The largest absolute Gasteiger partial charge is 0.489 e. The number of nitrogens with zero attached hydrogens (tertiary/aromatic N) is 3. The molecule has 3 aromatic rings. The molecule has 3 aliphatic heterocycles. The summed E-state index contributed by atoms with van der Waals surface area (Å²) in [5, 5.41) is 5.03. The fourth-order valence-electron chi connectivity index (χ4n) is 5.71. The fraction of sp³-hybridized carbons (Fsp3) is 0.423. The Bertz CT molecular complexity index is 1260. The number of fused-ring (bicyclic) bond motifs is 1. The van der Waals surface area contributed by atoms with E-state index in [9.17, 15) is 4.79 Å². The molecule has 0 radical (unpaired) electrons. The van der Waals surface area contributed by atoms with Gasteiger partial charge < -0.3 is 30.2 Å². The maximum absolute atomic E-state index is 13.2. The third kappa shape index (κ3) is 3.09. The van der Waals surface area contributed by atoms with Crippen molar-refractivity contribution in [2.24, 2.45) is 11.7 Å². The topological polar surface area (TPSA) is 75.8 Å². The second-order valence-corrected chi connectivity index (χ2v) is 9.94. The Morgan fingerprint density at radius 3 is 2.82 bits per heavy atom. The number of amides is 1. The van der Waals surface area contributed by atoms with Crippen LogP contribution in [0.15, 0.2) is 42.5 Å². The first kappa shape index (κ1) is 19.3. The molecule has 4 aliphatic rings. The first-order valence-corrected chi connectivity index (χ1v) is 12.1. The molecular formula is C26H29N5O2. The van der Waals surface area contributed by atoms with E-state index in [0.29, 0.717) is 18.7 Å². The highest BCUT2D eigenvalue weighted by Crippen LogP contribution is 2.50. The third-order valence-electron chi connectivity index (χ3n) is 7.58. The van der Waals surface area contributed by atoms with Crippen molar-refractivity contribution < 1.29 is 9.53 Å². The number of hydrogen-bond acceptors (Lipinski definition) is 5. The van der Waals surface area contributed by atoms with Crippen molar-refractivity contribution in [1.29, 1.82) is 0 Å². The zero-order valence-corrected chi connectivity index (χ0v) is 18.7. The van der Waals surface area contributed by atoms with Crippen LogP contribution in [0.2, 0.25) is 0 Å². The van der Waals surface area contributed by atoms with E-state index in [4.69, 9.17) is 10.5 Å². The highest BCUT2D eigenvalue weighted by molar-refractivity contribution is 5.99. The molecule has 4 heterocycles. The summed E-state index contributed by atoms with van der Waals surface area (Å²) >= 11 is 0. The number of carbonyl (C=O) groups excluding carboxylic acids is 1. The van der Waals surface area contributed by atoms with Gasteiger partial charge in [-0.15, -0.1) is 0 Å². The molecule has 7 heteroatoms. The van der Waals surface area contributed by atoms with Gasteiger partial charge in [0.15, 0.2) is 0 Å². The number of ether oxygens (including phenoxy) is 1. The van der Waals surface area contributed by atoms with Gasteiger partial charge in [-0.05, 0) is 49.4 Å². The van der Waals surface area contributed by atoms with Gasteiger partial charge >= 0.3 is 0 Å². The van der Waals surface area contributed by atoms with Crippen LogP contribution in [0.1, 0.15) is 41.5 Å². The molecule has 1 saturated heterocycles. The normalized spacial score (nSPS) is 23.5. The first-order chi connectivity index (χ1) is 16.2. The Morgan fingerprint density at radius 2 is 2.00 bits per heavy atom. The Hall–Kier alpha value is -3.19. The lowest BCUT2D eigenvalue weighted by molar-refractivity contribution is 0.0790. The number of hydrogen-bond donors (Lipinski definition) is 2. The number of likely N-dealkylation sites (tertiary alicyclic amines) is 1. The van der Waals surface area contributed by atoms with E-state index < -0.39 is 0 Å². The molecule has 2 fully saturated rings. The number of rotatable bonds is 4. The van der Waals surface area contributed by atoms with Crippen LogP contribution in [0.4, 0.5) is 11.4 Å². The third-order valence-corrected chi connectivity index (χ3v) is 7.58. The molecule has 7 rings (SSSR count). The quantitative estimate of drug-likeness (QED) is 0.645. The van der Waals surface area contributed by atoms with Gasteiger partial charge in [-0.1, -0.05) is 18.2 Å². The minimum absolute atomic E-state index is 0.0272. The molecular weight excluding hydrogens is 414 g/mol. The maximum Gasteiger partial charge on any atom is 0.254 e. The smallest absolute Gasteiger partial charge is 0.254 e. The molecule has 3 N–H and O–H groups in total. The van der Waals surface area contributed by atoms with Crippen molar-refractivity contribution in [2.75, 3.05) is 36.5 Å². The summed E-state index contributed by atoms with van der Waals surface area (Å²) in [4.78, 5) is 17.4. The molecule has 1 aliphatic carbocycles. The zero-order valence-electron chi connectivity index (χ0n) is 18.7. The van der Waals surface area contributed by atoms with Crippen LogP contribution in [0.25, 0.3) is 10.9 Å². The number of para-hydroxylation sites is 1. The Labute approximate surface area is 193 Å². The van der Waals surface area contributed by atoms with E-state index in [-0.39, 0.29) is 18.1 Å². The Kier molecular flexibility index (Phi) is 4.18. The summed E-state index contributed by atoms with van der Waals surface area (Å²) in [6.07, 6.45) is 3.52. The summed E-state index contributed by atoms with van der Waals surface area (Å²) in [7, 11) is 0. The lowest BCUT2D eigenvalue weighted by Gasteiger charge is -2.32. The zero-order chi connectivity index (χ0) is 22.1. The van der Waals surface area contributed by atoms with Crippen LogP contribution in [0, 0.1) is 5.92 Å². The Balaban J connectivity index is 1.28. The van der Waals surface area contributed by atoms with Crippen molar-refractivity contribution in [2.45, 2.75) is 38.0 Å². The number of nitrogens with two attached hydrogens (primary N) is 1. The van der Waals surface area contributed by atoms with Crippen LogP contribution < -0.4 is 20.7 Å². The molecule has 7 nitrogen and oxygen atoms in total. The number of benzene rings is 2. The lowest BCUT2D eigenvalue weighted by atomic mass is 10.1. The summed E-state index contributed by atoms with van der Waals surface area (Å²) in [6.45, 7) is 3.83. The van der Waals surface area contributed by atoms with Crippen molar-refractivity contribution in [3.05, 3.63) is 53.7 Å². The Morgan fingerprint density at radius 1 is 1.12 bits per heavy atom. The lowest BCUT2D eigenvalue weighted by Crippen LogP contribution is -2.36. The number of anilines is 2. The highest BCUT2D eigenvalue weighted by Gasteiger charge is 2.39. The SMILES string of the molecule is NC1CCN(C(=O)c2cc3c4c(c2)OCCN4[C@H](c2cc4ccccc4n2CC2CC2)N3)C1. The molecule has 1 unspecified atom stereocenters. The monoisotopic (exact) mass is 443 g/mol. The van der Waals surface area contributed by atoms with Crippen LogP contribution in [-0.4, -0.2) is 47.7 Å². The van der Waals surface area contributed by atoms with Gasteiger partial charge in [-0.3, -0.25) is 4.79 Å². The molecule has 2 atom stereocenters. The molecule has 170 valence electrons. The van der Waals surface area contributed by atoms with Crippen molar-refractivity contribution in [3.8, 4) is 5.75 Å². The molecule has 0 bridgehead atoms. The van der Waals surface area contributed by atoms with Crippen molar-refractivity contribution >= 4 is 28.2 Å². The molecule has 1 aromatic heterocycles. The van der Waals surface area contributed by atoms with Crippen molar-refractivity contribution in [1.82, 2.24) is 9.47 Å². The molecule has 33 heavy (non-hydrogen) atoms. The van der Waals surface area contributed by atoms with Gasteiger partial charge in [0.1, 0.15) is 24.2 Å². The van der Waals surface area contributed by atoms with E-state index >= 15 is 0 Å². The van der Waals surface area contributed by atoms with Gasteiger partial charge in [-0.2, -0.15) is 0 Å². The summed E-state index contributed by atoms with van der Waals surface area (Å²) < 4.78 is 8.56. The van der Waals surface area contributed by atoms with E-state index in [2.05, 4.69) is 45.1 Å². The molecule has 1 saturated carbocycles. The summed E-state index contributed by atoms with van der Waals surface area (Å²) in [5.74, 6) is 1.61. The van der Waals surface area contributed by atoms with Gasteiger partial charge in [0, 0.05) is 42.1 Å². The maximum atomic E-state index is 13.2. The van der Waals surface area contributed by atoms with E-state index in [1.807, 2.05) is 17.0 Å². The van der Waals surface area contributed by atoms with Crippen LogP contribution in [-0.2, 0) is 6.54 Å². The van der Waals surface area contributed by atoms with E-state index in [0.717, 1.165) is 49.1 Å². The highest BCUT2D eigenvalue weighted by atomic mass is 16.5. The number of aromatic nitrogens is 1. The minimum atomic E-state index is 0.0272. The van der Waals surface area contributed by atoms with Gasteiger partial charge in [-0.25, -0.2) is 0 Å². The van der Waals surface area contributed by atoms with Gasteiger partial charge in [0.05, 0.1) is 17.9 Å². The van der Waals surface area contributed by atoms with Crippen LogP contribution in [0.5, 0.6) is 5.75 Å². The average Bonchev–Trinajstić information content (AvgIpc) is 3.25. The average molecular weight is 444 g/mol. The summed E-state index contributed by atoms with van der Waals surface area (Å²) in [5.41, 5.74) is 11.3. The second kappa shape index (κ2) is 7.15. The van der Waals surface area contributed by atoms with Gasteiger partial charge in [0.25, 0.3) is 5.91 Å². The summed E-state index contributed by atoms with van der Waals surface area (Å²) in [6, 6.07) is 15.0. The fourth-order valence-corrected chi connectivity index (χ4v) is 5.71. The molecule has 1 amide bonds. The number of carbonyl (C=O) groups is 1.